The Kier molecular flexibility index (Phi) is 6.03. The van der Waals surface area contributed by atoms with E-state index in [4.69, 9.17) is 14.2 Å². The van der Waals surface area contributed by atoms with Crippen molar-refractivity contribution in [3.05, 3.63) is 53.6 Å². The molecule has 2 aromatic carbocycles. The Morgan fingerprint density at radius 3 is 2.30 bits per heavy atom. The highest BCUT2D eigenvalue weighted by Gasteiger charge is 2.09. The Balaban J connectivity index is 1.89. The van der Waals surface area contributed by atoms with Crippen molar-refractivity contribution in [3.8, 4) is 17.2 Å². The average Bonchev–Trinajstić information content (AvgIpc) is 2.58. The third-order valence-electron chi connectivity index (χ3n) is 3.50. The van der Waals surface area contributed by atoms with Crippen LogP contribution in [0.5, 0.6) is 17.2 Å². The SMILES string of the molecule is COc1cccc(C=O)c1OCCOc1ccc(C(C)C)cc1. The Labute approximate surface area is 137 Å². The number of hydrogen-bond donors (Lipinski definition) is 0. The first-order valence-electron chi connectivity index (χ1n) is 7.63. The molecule has 2 aromatic rings. The van der Waals surface area contributed by atoms with Gasteiger partial charge < -0.3 is 14.2 Å². The molecule has 4 nitrogen and oxygen atoms in total. The molecule has 0 bridgehead atoms. The van der Waals surface area contributed by atoms with Crippen LogP contribution in [0.25, 0.3) is 0 Å². The van der Waals surface area contributed by atoms with Crippen LogP contribution in [0.4, 0.5) is 0 Å². The molecule has 0 atom stereocenters. The fraction of sp³-hybridized carbons (Fsp3) is 0.316. The van der Waals surface area contributed by atoms with Crippen LogP contribution in [0.1, 0.15) is 35.7 Å². The highest BCUT2D eigenvalue weighted by atomic mass is 16.5. The number of carbonyl (C=O) groups excluding carboxylic acids is 1. The van der Waals surface area contributed by atoms with E-state index in [1.807, 2.05) is 12.1 Å². The number of benzene rings is 2. The van der Waals surface area contributed by atoms with Crippen LogP contribution in [0.3, 0.4) is 0 Å². The molecule has 122 valence electrons. The summed E-state index contributed by atoms with van der Waals surface area (Å²) < 4.78 is 16.5. The van der Waals surface area contributed by atoms with Crippen LogP contribution < -0.4 is 14.2 Å². The molecule has 0 aromatic heterocycles. The van der Waals surface area contributed by atoms with Crippen LogP contribution in [0.15, 0.2) is 42.5 Å². The molecule has 0 saturated heterocycles. The Bertz CT molecular complexity index is 632. The minimum Gasteiger partial charge on any atom is -0.493 e. The van der Waals surface area contributed by atoms with Crippen molar-refractivity contribution >= 4 is 6.29 Å². The van der Waals surface area contributed by atoms with Crippen molar-refractivity contribution in [1.82, 2.24) is 0 Å². The quantitative estimate of drug-likeness (QED) is 0.544. The van der Waals surface area contributed by atoms with Gasteiger partial charge in [0, 0.05) is 0 Å². The highest BCUT2D eigenvalue weighted by Crippen LogP contribution is 2.29. The number of hydrogen-bond acceptors (Lipinski definition) is 4. The van der Waals surface area contributed by atoms with Gasteiger partial charge >= 0.3 is 0 Å². The number of para-hydroxylation sites is 1. The van der Waals surface area contributed by atoms with E-state index in [2.05, 4.69) is 26.0 Å². The van der Waals surface area contributed by atoms with Gasteiger partial charge in [-0.25, -0.2) is 0 Å². The lowest BCUT2D eigenvalue weighted by atomic mass is 10.0. The summed E-state index contributed by atoms with van der Waals surface area (Å²) in [5.41, 5.74) is 1.74. The molecule has 0 saturated carbocycles. The number of methoxy groups -OCH3 is 1. The van der Waals surface area contributed by atoms with E-state index in [1.54, 1.807) is 25.3 Å². The standard InChI is InChI=1S/C19H22O4/c1-14(2)15-7-9-17(10-8-15)22-11-12-23-19-16(13-20)5-4-6-18(19)21-3/h4-10,13-14H,11-12H2,1-3H3. The number of ether oxygens (including phenoxy) is 3. The molecule has 0 spiro atoms. The van der Waals surface area contributed by atoms with Gasteiger partial charge in [-0.05, 0) is 35.7 Å². The van der Waals surface area contributed by atoms with Crippen LogP contribution in [0, 0.1) is 0 Å². The van der Waals surface area contributed by atoms with Gasteiger partial charge in [0.15, 0.2) is 17.8 Å². The molecule has 4 heteroatoms. The zero-order valence-corrected chi connectivity index (χ0v) is 13.7. The molecule has 0 N–H and O–H groups in total. The number of aldehydes is 1. The summed E-state index contributed by atoms with van der Waals surface area (Å²) in [4.78, 5) is 11.1. The zero-order chi connectivity index (χ0) is 16.7. The van der Waals surface area contributed by atoms with E-state index in [1.165, 1.54) is 5.56 Å². The first kappa shape index (κ1) is 16.9. The summed E-state index contributed by atoms with van der Waals surface area (Å²) in [6.45, 7) is 5.02. The van der Waals surface area contributed by atoms with Gasteiger partial charge in [0.2, 0.25) is 0 Å². The topological polar surface area (TPSA) is 44.8 Å². The molecular weight excluding hydrogens is 292 g/mol. The van der Waals surface area contributed by atoms with E-state index in [0.29, 0.717) is 36.2 Å². The third kappa shape index (κ3) is 4.49. The van der Waals surface area contributed by atoms with E-state index < -0.39 is 0 Å². The van der Waals surface area contributed by atoms with Crippen molar-refractivity contribution in [1.29, 1.82) is 0 Å². The Morgan fingerprint density at radius 1 is 1.00 bits per heavy atom. The minimum absolute atomic E-state index is 0.327. The largest absolute Gasteiger partial charge is 0.493 e. The molecule has 0 radical (unpaired) electrons. The lowest BCUT2D eigenvalue weighted by molar-refractivity contribution is 0.111. The van der Waals surface area contributed by atoms with Crippen molar-refractivity contribution < 1.29 is 19.0 Å². The summed E-state index contributed by atoms with van der Waals surface area (Å²) in [5, 5.41) is 0. The van der Waals surface area contributed by atoms with Gasteiger partial charge in [-0.2, -0.15) is 0 Å². The molecule has 0 aliphatic heterocycles. The predicted molar refractivity (Wildman–Crippen MR) is 89.9 cm³/mol. The Hall–Kier alpha value is -2.49. The number of rotatable bonds is 8. The van der Waals surface area contributed by atoms with E-state index in [0.717, 1.165) is 12.0 Å². The summed E-state index contributed by atoms with van der Waals surface area (Å²) in [6.07, 6.45) is 0.753. The third-order valence-corrected chi connectivity index (χ3v) is 3.50. The molecule has 0 aliphatic rings. The molecule has 0 heterocycles. The first-order chi connectivity index (χ1) is 11.2. The van der Waals surface area contributed by atoms with Crippen molar-refractivity contribution in [2.75, 3.05) is 20.3 Å². The second kappa shape index (κ2) is 8.22. The van der Waals surface area contributed by atoms with Crippen LogP contribution in [-0.4, -0.2) is 26.6 Å². The van der Waals surface area contributed by atoms with Crippen molar-refractivity contribution in [2.24, 2.45) is 0 Å². The van der Waals surface area contributed by atoms with Gasteiger partial charge in [0.25, 0.3) is 0 Å². The van der Waals surface area contributed by atoms with Crippen LogP contribution in [-0.2, 0) is 0 Å². The second-order valence-corrected chi connectivity index (χ2v) is 5.42. The molecule has 0 fully saturated rings. The summed E-state index contributed by atoms with van der Waals surface area (Å²) >= 11 is 0. The van der Waals surface area contributed by atoms with Gasteiger partial charge in [0.05, 0.1) is 12.7 Å². The summed E-state index contributed by atoms with van der Waals surface area (Å²) in [5.74, 6) is 2.29. The van der Waals surface area contributed by atoms with E-state index >= 15 is 0 Å². The molecule has 0 unspecified atom stereocenters. The highest BCUT2D eigenvalue weighted by molar-refractivity contribution is 5.81. The van der Waals surface area contributed by atoms with E-state index in [9.17, 15) is 4.79 Å². The summed E-state index contributed by atoms with van der Waals surface area (Å²) in [7, 11) is 1.55. The molecule has 23 heavy (non-hydrogen) atoms. The lowest BCUT2D eigenvalue weighted by Gasteiger charge is -2.13. The number of carbonyl (C=O) groups is 1. The fourth-order valence-electron chi connectivity index (χ4n) is 2.19. The maximum absolute atomic E-state index is 11.1. The monoisotopic (exact) mass is 314 g/mol. The van der Waals surface area contributed by atoms with Gasteiger partial charge in [0.1, 0.15) is 19.0 Å². The van der Waals surface area contributed by atoms with Crippen LogP contribution >= 0.6 is 0 Å². The van der Waals surface area contributed by atoms with E-state index in [-0.39, 0.29) is 0 Å². The smallest absolute Gasteiger partial charge is 0.171 e. The maximum Gasteiger partial charge on any atom is 0.171 e. The summed E-state index contributed by atoms with van der Waals surface area (Å²) in [6, 6.07) is 13.2. The van der Waals surface area contributed by atoms with Crippen molar-refractivity contribution in [3.63, 3.8) is 0 Å². The Morgan fingerprint density at radius 2 is 1.70 bits per heavy atom. The predicted octanol–water partition coefficient (Wildman–Crippen LogP) is 4.09. The van der Waals surface area contributed by atoms with Gasteiger partial charge in [-0.3, -0.25) is 4.79 Å². The maximum atomic E-state index is 11.1. The minimum atomic E-state index is 0.327. The average molecular weight is 314 g/mol. The second-order valence-electron chi connectivity index (χ2n) is 5.42. The fourth-order valence-corrected chi connectivity index (χ4v) is 2.19. The normalized spacial score (nSPS) is 10.4. The molecule has 0 aliphatic carbocycles. The van der Waals surface area contributed by atoms with Crippen LogP contribution in [0.2, 0.25) is 0 Å². The first-order valence-corrected chi connectivity index (χ1v) is 7.63. The molecule has 2 rings (SSSR count). The molecule has 0 amide bonds. The molecular formula is C19H22O4. The lowest BCUT2D eigenvalue weighted by Crippen LogP contribution is -2.10. The van der Waals surface area contributed by atoms with Gasteiger partial charge in [-0.15, -0.1) is 0 Å². The van der Waals surface area contributed by atoms with Gasteiger partial charge in [-0.1, -0.05) is 32.0 Å². The zero-order valence-electron chi connectivity index (χ0n) is 13.7. The van der Waals surface area contributed by atoms with Crippen molar-refractivity contribution in [2.45, 2.75) is 19.8 Å².